The Kier molecular flexibility index (Phi) is 3.44. The van der Waals surface area contributed by atoms with Crippen molar-refractivity contribution in [3.8, 4) is 16.1 Å². The van der Waals surface area contributed by atoms with Crippen molar-refractivity contribution in [2.45, 2.75) is 6.54 Å². The highest BCUT2D eigenvalue weighted by Crippen LogP contribution is 2.27. The van der Waals surface area contributed by atoms with Crippen LogP contribution >= 0.6 is 11.3 Å². The maximum Gasteiger partial charge on any atom is 0.0645 e. The number of hydrogen-bond acceptors (Lipinski definition) is 3. The summed E-state index contributed by atoms with van der Waals surface area (Å²) in [6, 6.07) is 12.4. The van der Waals surface area contributed by atoms with Crippen LogP contribution in [0.3, 0.4) is 0 Å². The molecule has 0 spiro atoms. The van der Waals surface area contributed by atoms with Gasteiger partial charge in [-0.25, -0.2) is 4.68 Å². The van der Waals surface area contributed by atoms with E-state index in [1.165, 1.54) is 10.4 Å². The normalized spacial score (nSPS) is 10.8. The molecule has 3 rings (SSSR count). The largest absolute Gasteiger partial charge is 0.316 e. The molecule has 3 aromatic rings. The Balaban J connectivity index is 1.88. The summed E-state index contributed by atoms with van der Waals surface area (Å²) in [6.45, 7) is 0.906. The van der Waals surface area contributed by atoms with E-state index < -0.39 is 0 Å². The molecule has 96 valence electrons. The summed E-state index contributed by atoms with van der Waals surface area (Å²) in [5, 5.41) is 9.78. The van der Waals surface area contributed by atoms with Crippen LogP contribution in [0.5, 0.6) is 0 Å². The molecule has 0 aliphatic rings. The molecular weight excluding hydrogens is 254 g/mol. The highest BCUT2D eigenvalue weighted by Gasteiger charge is 2.06. The maximum atomic E-state index is 4.43. The minimum Gasteiger partial charge on any atom is -0.316 e. The summed E-state index contributed by atoms with van der Waals surface area (Å²) in [6.07, 6.45) is 3.99. The Morgan fingerprint density at radius 1 is 1.26 bits per heavy atom. The molecular formula is C15H15N3S. The third kappa shape index (κ3) is 2.59. The number of hydrogen-bond donors (Lipinski definition) is 1. The van der Waals surface area contributed by atoms with Crippen LogP contribution in [0, 0.1) is 0 Å². The van der Waals surface area contributed by atoms with Crippen molar-refractivity contribution in [1.29, 1.82) is 0 Å². The number of nitrogens with zero attached hydrogens (tertiary/aromatic N) is 2. The lowest BCUT2D eigenvalue weighted by molar-refractivity contribution is 0.821. The van der Waals surface area contributed by atoms with Gasteiger partial charge in [-0.2, -0.15) is 5.10 Å². The van der Waals surface area contributed by atoms with Crippen LogP contribution in [0.25, 0.3) is 16.1 Å². The molecule has 0 bridgehead atoms. The van der Waals surface area contributed by atoms with Crippen LogP contribution in [0.2, 0.25) is 0 Å². The van der Waals surface area contributed by atoms with Crippen molar-refractivity contribution < 1.29 is 0 Å². The fraction of sp³-hybridized carbons (Fsp3) is 0.133. The van der Waals surface area contributed by atoms with Crippen LogP contribution in [0.1, 0.15) is 5.56 Å². The van der Waals surface area contributed by atoms with E-state index in [-0.39, 0.29) is 0 Å². The average Bonchev–Trinajstić information content (AvgIpc) is 3.08. The number of nitrogens with one attached hydrogen (secondary N) is 1. The van der Waals surface area contributed by atoms with E-state index in [1.807, 2.05) is 36.1 Å². The maximum absolute atomic E-state index is 4.43. The SMILES string of the molecule is CNCc1csc(-c2cnn(-c3ccccc3)c2)c1. The molecule has 0 aliphatic heterocycles. The number of thiophene rings is 1. The van der Waals surface area contributed by atoms with Crippen LogP contribution in [-0.2, 0) is 6.54 Å². The second kappa shape index (κ2) is 5.38. The topological polar surface area (TPSA) is 29.9 Å². The summed E-state index contributed by atoms with van der Waals surface area (Å²) < 4.78 is 1.91. The zero-order chi connectivity index (χ0) is 13.1. The Morgan fingerprint density at radius 2 is 2.11 bits per heavy atom. The molecule has 1 N–H and O–H groups in total. The molecule has 2 aromatic heterocycles. The smallest absolute Gasteiger partial charge is 0.0645 e. The highest BCUT2D eigenvalue weighted by atomic mass is 32.1. The number of para-hydroxylation sites is 1. The van der Waals surface area contributed by atoms with Gasteiger partial charge in [0.15, 0.2) is 0 Å². The molecule has 0 amide bonds. The third-order valence-electron chi connectivity index (χ3n) is 2.92. The second-order valence-electron chi connectivity index (χ2n) is 4.36. The molecule has 0 radical (unpaired) electrons. The van der Waals surface area contributed by atoms with E-state index >= 15 is 0 Å². The zero-order valence-corrected chi connectivity index (χ0v) is 11.5. The van der Waals surface area contributed by atoms with Crippen LogP contribution < -0.4 is 5.32 Å². The molecule has 4 heteroatoms. The molecule has 0 atom stereocenters. The number of benzene rings is 1. The molecule has 0 saturated carbocycles. The molecule has 3 nitrogen and oxygen atoms in total. The third-order valence-corrected chi connectivity index (χ3v) is 3.95. The minimum absolute atomic E-state index is 0.906. The fourth-order valence-electron chi connectivity index (χ4n) is 2.00. The fourth-order valence-corrected chi connectivity index (χ4v) is 2.89. The lowest BCUT2D eigenvalue weighted by atomic mass is 10.2. The number of rotatable bonds is 4. The van der Waals surface area contributed by atoms with Gasteiger partial charge in [-0.1, -0.05) is 18.2 Å². The van der Waals surface area contributed by atoms with E-state index in [0.29, 0.717) is 0 Å². The van der Waals surface area contributed by atoms with Gasteiger partial charge in [-0.15, -0.1) is 11.3 Å². The summed E-state index contributed by atoms with van der Waals surface area (Å²) >= 11 is 1.76. The van der Waals surface area contributed by atoms with Crippen LogP contribution in [0.4, 0.5) is 0 Å². The van der Waals surface area contributed by atoms with E-state index in [1.54, 1.807) is 11.3 Å². The Morgan fingerprint density at radius 3 is 2.89 bits per heavy atom. The predicted octanol–water partition coefficient (Wildman–Crippen LogP) is 3.32. The first kappa shape index (κ1) is 12.1. The van der Waals surface area contributed by atoms with Gasteiger partial charge in [0.25, 0.3) is 0 Å². The van der Waals surface area contributed by atoms with Crippen molar-refractivity contribution in [3.63, 3.8) is 0 Å². The van der Waals surface area contributed by atoms with Gasteiger partial charge in [-0.05, 0) is 36.2 Å². The monoisotopic (exact) mass is 269 g/mol. The van der Waals surface area contributed by atoms with Gasteiger partial charge >= 0.3 is 0 Å². The van der Waals surface area contributed by atoms with Crippen molar-refractivity contribution >= 4 is 11.3 Å². The van der Waals surface area contributed by atoms with E-state index in [9.17, 15) is 0 Å². The summed E-state index contributed by atoms with van der Waals surface area (Å²) in [4.78, 5) is 1.26. The molecule has 0 saturated heterocycles. The Hall–Kier alpha value is -1.91. The summed E-state index contributed by atoms with van der Waals surface area (Å²) in [5.41, 5.74) is 3.56. The lowest BCUT2D eigenvalue weighted by Gasteiger charge is -1.98. The first-order valence-electron chi connectivity index (χ1n) is 6.19. The summed E-state index contributed by atoms with van der Waals surface area (Å²) in [5.74, 6) is 0. The summed E-state index contributed by atoms with van der Waals surface area (Å²) in [7, 11) is 1.96. The molecule has 0 fully saturated rings. The van der Waals surface area contributed by atoms with Crippen molar-refractivity contribution in [2.75, 3.05) is 7.05 Å². The van der Waals surface area contributed by atoms with Crippen LogP contribution in [-0.4, -0.2) is 16.8 Å². The molecule has 1 aromatic carbocycles. The van der Waals surface area contributed by atoms with Crippen molar-refractivity contribution in [3.05, 3.63) is 59.7 Å². The van der Waals surface area contributed by atoms with Gasteiger partial charge in [-0.3, -0.25) is 0 Å². The van der Waals surface area contributed by atoms with Crippen molar-refractivity contribution in [2.24, 2.45) is 0 Å². The van der Waals surface area contributed by atoms with Crippen molar-refractivity contribution in [1.82, 2.24) is 15.1 Å². The lowest BCUT2D eigenvalue weighted by Crippen LogP contribution is -2.03. The van der Waals surface area contributed by atoms with Gasteiger partial charge in [0.1, 0.15) is 0 Å². The first-order chi connectivity index (χ1) is 9.36. The first-order valence-corrected chi connectivity index (χ1v) is 7.07. The van der Waals surface area contributed by atoms with Gasteiger partial charge in [0.2, 0.25) is 0 Å². The van der Waals surface area contributed by atoms with Gasteiger partial charge in [0, 0.05) is 23.2 Å². The molecule has 0 aliphatic carbocycles. The zero-order valence-electron chi connectivity index (χ0n) is 10.7. The highest BCUT2D eigenvalue weighted by molar-refractivity contribution is 7.13. The average molecular weight is 269 g/mol. The number of aromatic nitrogens is 2. The van der Waals surface area contributed by atoms with E-state index in [2.05, 4.69) is 40.2 Å². The van der Waals surface area contributed by atoms with Crippen LogP contribution in [0.15, 0.2) is 54.2 Å². The minimum atomic E-state index is 0.906. The second-order valence-corrected chi connectivity index (χ2v) is 5.27. The Bertz CT molecular complexity index is 655. The Labute approximate surface area is 116 Å². The van der Waals surface area contributed by atoms with E-state index in [4.69, 9.17) is 0 Å². The van der Waals surface area contributed by atoms with Gasteiger partial charge < -0.3 is 5.32 Å². The van der Waals surface area contributed by atoms with E-state index in [0.717, 1.165) is 17.8 Å². The standard InChI is InChI=1S/C15H15N3S/c1-16-8-12-7-15(19-11-12)13-9-17-18(10-13)14-5-3-2-4-6-14/h2-7,9-11,16H,8H2,1H3. The molecule has 19 heavy (non-hydrogen) atoms. The molecule has 0 unspecified atom stereocenters. The predicted molar refractivity (Wildman–Crippen MR) is 79.6 cm³/mol. The van der Waals surface area contributed by atoms with Gasteiger partial charge in [0.05, 0.1) is 11.9 Å². The quantitative estimate of drug-likeness (QED) is 0.787. The molecule has 2 heterocycles.